The zero-order valence-electron chi connectivity index (χ0n) is 8.90. The second-order valence-electron chi connectivity index (χ2n) is 3.87. The van der Waals surface area contributed by atoms with Crippen molar-refractivity contribution < 1.29 is 0 Å². The van der Waals surface area contributed by atoms with E-state index in [1.54, 1.807) is 0 Å². The van der Waals surface area contributed by atoms with Gasteiger partial charge in [0.05, 0.1) is 5.52 Å². The monoisotopic (exact) mass is 261 g/mol. The van der Waals surface area contributed by atoms with Gasteiger partial charge in [0.25, 0.3) is 0 Å². The molecular formula is C14H9Cl2N. The Labute approximate surface area is 109 Å². The van der Waals surface area contributed by atoms with Crippen LogP contribution < -0.4 is 0 Å². The van der Waals surface area contributed by atoms with E-state index in [4.69, 9.17) is 23.2 Å². The van der Waals surface area contributed by atoms with Gasteiger partial charge in [0.1, 0.15) is 0 Å². The molecule has 17 heavy (non-hydrogen) atoms. The Morgan fingerprint density at radius 3 is 2.24 bits per heavy atom. The van der Waals surface area contributed by atoms with E-state index in [0.29, 0.717) is 0 Å². The molecule has 3 heteroatoms. The van der Waals surface area contributed by atoms with Crippen molar-refractivity contribution in [2.24, 2.45) is 0 Å². The minimum atomic E-state index is 0.739. The van der Waals surface area contributed by atoms with E-state index in [1.165, 1.54) is 5.39 Å². The molecule has 0 saturated heterocycles. The number of nitrogens with zero attached hydrogens (tertiary/aromatic N) is 1. The number of halogens is 2. The van der Waals surface area contributed by atoms with Crippen molar-refractivity contribution >= 4 is 34.1 Å². The highest BCUT2D eigenvalue weighted by atomic mass is 35.5. The number of hydrogen-bond donors (Lipinski definition) is 0. The zero-order chi connectivity index (χ0) is 11.8. The number of fused-ring (bicyclic) bond motifs is 1. The van der Waals surface area contributed by atoms with Gasteiger partial charge >= 0.3 is 0 Å². The Kier molecular flexibility index (Phi) is 2.58. The van der Waals surface area contributed by atoms with Crippen LogP contribution in [0.2, 0.25) is 10.0 Å². The second kappa shape index (κ2) is 4.10. The minimum absolute atomic E-state index is 0.739. The van der Waals surface area contributed by atoms with E-state index >= 15 is 0 Å². The predicted octanol–water partition coefficient (Wildman–Crippen LogP) is 4.94. The maximum atomic E-state index is 6.03. The van der Waals surface area contributed by atoms with Gasteiger partial charge < -0.3 is 4.57 Å². The third kappa shape index (κ3) is 1.92. The Morgan fingerprint density at radius 2 is 1.47 bits per heavy atom. The summed E-state index contributed by atoms with van der Waals surface area (Å²) in [6.45, 7) is 0. The standard InChI is InChI=1S/C14H9Cl2N/c15-11-3-5-13(6-4-11)17-8-7-10-1-2-12(16)9-14(10)17/h1-9H. The molecule has 0 fully saturated rings. The van der Waals surface area contributed by atoms with Crippen LogP contribution in [0.15, 0.2) is 54.7 Å². The van der Waals surface area contributed by atoms with Gasteiger partial charge in [-0.3, -0.25) is 0 Å². The average molecular weight is 262 g/mol. The molecule has 0 aliphatic carbocycles. The molecule has 0 amide bonds. The third-order valence-corrected chi connectivity index (χ3v) is 3.25. The molecule has 0 saturated carbocycles. The first-order chi connectivity index (χ1) is 8.24. The molecule has 0 atom stereocenters. The Balaban J connectivity index is 2.23. The third-order valence-electron chi connectivity index (χ3n) is 2.76. The molecule has 0 spiro atoms. The molecule has 0 N–H and O–H groups in total. The maximum Gasteiger partial charge on any atom is 0.0543 e. The number of aromatic nitrogens is 1. The molecule has 1 nitrogen and oxygen atoms in total. The highest BCUT2D eigenvalue weighted by Gasteiger charge is 2.03. The summed E-state index contributed by atoms with van der Waals surface area (Å²) in [5.41, 5.74) is 2.17. The van der Waals surface area contributed by atoms with E-state index < -0.39 is 0 Å². The fourth-order valence-corrected chi connectivity index (χ4v) is 2.22. The van der Waals surface area contributed by atoms with Crippen molar-refractivity contribution in [2.75, 3.05) is 0 Å². The first-order valence-corrected chi connectivity index (χ1v) is 6.02. The summed E-state index contributed by atoms with van der Waals surface area (Å²) in [5, 5.41) is 2.65. The van der Waals surface area contributed by atoms with Crippen LogP contribution in [0.1, 0.15) is 0 Å². The lowest BCUT2D eigenvalue weighted by Crippen LogP contribution is -1.90. The van der Waals surface area contributed by atoms with Gasteiger partial charge in [-0.1, -0.05) is 29.3 Å². The van der Waals surface area contributed by atoms with Crippen LogP contribution >= 0.6 is 23.2 Å². The maximum absolute atomic E-state index is 6.03. The van der Waals surface area contributed by atoms with E-state index in [1.807, 2.05) is 48.7 Å². The summed E-state index contributed by atoms with van der Waals surface area (Å²) in [7, 11) is 0. The SMILES string of the molecule is Clc1ccc(-n2ccc3ccc(Cl)cc32)cc1. The van der Waals surface area contributed by atoms with Crippen LogP contribution in [0.25, 0.3) is 16.6 Å². The molecule has 0 aliphatic heterocycles. The van der Waals surface area contributed by atoms with Crippen LogP contribution in [0.3, 0.4) is 0 Å². The Hall–Kier alpha value is -1.44. The van der Waals surface area contributed by atoms with Crippen LogP contribution in [-0.2, 0) is 0 Å². The molecule has 3 aromatic rings. The van der Waals surface area contributed by atoms with Crippen LogP contribution in [-0.4, -0.2) is 4.57 Å². The lowest BCUT2D eigenvalue weighted by atomic mass is 10.2. The molecule has 0 unspecified atom stereocenters. The molecule has 0 bridgehead atoms. The van der Waals surface area contributed by atoms with Crippen molar-refractivity contribution in [2.45, 2.75) is 0 Å². The van der Waals surface area contributed by atoms with E-state index in [0.717, 1.165) is 21.2 Å². The summed E-state index contributed by atoms with van der Waals surface area (Å²) >= 11 is 11.9. The average Bonchev–Trinajstić information content (AvgIpc) is 2.73. The van der Waals surface area contributed by atoms with Gasteiger partial charge in [-0.15, -0.1) is 0 Å². The largest absolute Gasteiger partial charge is 0.317 e. The topological polar surface area (TPSA) is 4.93 Å². The van der Waals surface area contributed by atoms with E-state index in [2.05, 4.69) is 10.6 Å². The van der Waals surface area contributed by atoms with Crippen LogP contribution in [0.4, 0.5) is 0 Å². The molecule has 2 aromatic carbocycles. The fourth-order valence-electron chi connectivity index (χ4n) is 1.93. The highest BCUT2D eigenvalue weighted by Crippen LogP contribution is 2.24. The van der Waals surface area contributed by atoms with Crippen LogP contribution in [0, 0.1) is 0 Å². The van der Waals surface area contributed by atoms with Gasteiger partial charge in [0.2, 0.25) is 0 Å². The molecular weight excluding hydrogens is 253 g/mol. The molecule has 1 aromatic heterocycles. The Morgan fingerprint density at radius 1 is 0.765 bits per heavy atom. The van der Waals surface area contributed by atoms with Gasteiger partial charge in [-0.2, -0.15) is 0 Å². The van der Waals surface area contributed by atoms with Crippen molar-refractivity contribution in [3.63, 3.8) is 0 Å². The smallest absolute Gasteiger partial charge is 0.0543 e. The molecule has 3 rings (SSSR count). The highest BCUT2D eigenvalue weighted by molar-refractivity contribution is 6.31. The van der Waals surface area contributed by atoms with Gasteiger partial charge in [-0.25, -0.2) is 0 Å². The van der Waals surface area contributed by atoms with Gasteiger partial charge in [0, 0.05) is 27.3 Å². The summed E-state index contributed by atoms with van der Waals surface area (Å²) in [6, 6.07) is 15.7. The fraction of sp³-hybridized carbons (Fsp3) is 0. The van der Waals surface area contributed by atoms with Crippen LogP contribution in [0.5, 0.6) is 0 Å². The van der Waals surface area contributed by atoms with Gasteiger partial charge in [0.15, 0.2) is 0 Å². The van der Waals surface area contributed by atoms with Crippen molar-refractivity contribution in [1.82, 2.24) is 4.57 Å². The predicted molar refractivity (Wildman–Crippen MR) is 73.3 cm³/mol. The van der Waals surface area contributed by atoms with Crippen molar-refractivity contribution in [3.8, 4) is 5.69 Å². The molecule has 84 valence electrons. The normalized spacial score (nSPS) is 10.9. The summed E-state index contributed by atoms with van der Waals surface area (Å²) in [6.07, 6.45) is 2.03. The Bertz CT molecular complexity index is 668. The van der Waals surface area contributed by atoms with Crippen molar-refractivity contribution in [1.29, 1.82) is 0 Å². The van der Waals surface area contributed by atoms with E-state index in [-0.39, 0.29) is 0 Å². The quantitative estimate of drug-likeness (QED) is 0.585. The number of hydrogen-bond acceptors (Lipinski definition) is 0. The lowest BCUT2D eigenvalue weighted by Gasteiger charge is -2.05. The molecule has 0 radical (unpaired) electrons. The zero-order valence-corrected chi connectivity index (χ0v) is 10.4. The minimum Gasteiger partial charge on any atom is -0.317 e. The van der Waals surface area contributed by atoms with Crippen molar-refractivity contribution in [3.05, 3.63) is 64.8 Å². The summed E-state index contributed by atoms with van der Waals surface area (Å²) in [4.78, 5) is 0. The first-order valence-electron chi connectivity index (χ1n) is 5.26. The molecule has 1 heterocycles. The second-order valence-corrected chi connectivity index (χ2v) is 4.74. The molecule has 0 aliphatic rings. The van der Waals surface area contributed by atoms with E-state index in [9.17, 15) is 0 Å². The number of benzene rings is 2. The van der Waals surface area contributed by atoms with Gasteiger partial charge in [-0.05, 0) is 42.5 Å². The summed E-state index contributed by atoms with van der Waals surface area (Å²) < 4.78 is 2.09. The number of rotatable bonds is 1. The lowest BCUT2D eigenvalue weighted by molar-refractivity contribution is 1.13. The first kappa shape index (κ1) is 10.7. The summed E-state index contributed by atoms with van der Waals surface area (Å²) in [5.74, 6) is 0.